The molecule has 2 amide bonds. The van der Waals surface area contributed by atoms with Crippen LogP contribution in [0.1, 0.15) is 42.7 Å². The van der Waals surface area contributed by atoms with Gasteiger partial charge in [0.15, 0.2) is 5.78 Å². The van der Waals surface area contributed by atoms with Gasteiger partial charge in [0.2, 0.25) is 0 Å². The predicted molar refractivity (Wildman–Crippen MR) is 121 cm³/mol. The highest BCUT2D eigenvalue weighted by molar-refractivity contribution is 6.31. The largest absolute Gasteiger partial charge is 0.487 e. The van der Waals surface area contributed by atoms with E-state index < -0.39 is 12.0 Å². The number of nitrogens with zero attached hydrogens (tertiary/aromatic N) is 1. The molecule has 0 spiro atoms. The molecule has 0 saturated carbocycles. The van der Waals surface area contributed by atoms with Crippen LogP contribution in [-0.4, -0.2) is 42.4 Å². The standard InChI is InChI=1S/C24H25ClN2O5/c1-4-27-20(14-32-17-12-10-16(11-13-17)15(3)28)21(23(29)31-5-2)22(26-24(27)30)18-8-6-7-9-19(18)25/h6-13,22H,4-5,14H2,1-3H3,(H,26,30)/t22-/m1/s1. The topological polar surface area (TPSA) is 84.9 Å². The second-order valence-electron chi connectivity index (χ2n) is 7.10. The maximum atomic E-state index is 13.0. The number of carbonyl (C=O) groups excluding carboxylic acids is 3. The lowest BCUT2D eigenvalue weighted by Gasteiger charge is -2.36. The van der Waals surface area contributed by atoms with E-state index in [0.717, 1.165) is 0 Å². The van der Waals surface area contributed by atoms with Gasteiger partial charge in [0.25, 0.3) is 0 Å². The Kier molecular flexibility index (Phi) is 7.53. The van der Waals surface area contributed by atoms with Gasteiger partial charge in [-0.15, -0.1) is 0 Å². The number of halogens is 1. The Morgan fingerprint density at radius 1 is 1.09 bits per heavy atom. The Bertz CT molecular complexity index is 1050. The smallest absolute Gasteiger partial charge is 0.338 e. The summed E-state index contributed by atoms with van der Waals surface area (Å²) in [5, 5.41) is 3.28. The Morgan fingerprint density at radius 3 is 2.38 bits per heavy atom. The van der Waals surface area contributed by atoms with E-state index in [0.29, 0.717) is 34.1 Å². The maximum absolute atomic E-state index is 13.0. The molecule has 8 heteroatoms. The van der Waals surface area contributed by atoms with Crippen molar-refractivity contribution in [2.24, 2.45) is 0 Å². The van der Waals surface area contributed by atoms with Crippen molar-refractivity contribution < 1.29 is 23.9 Å². The minimum Gasteiger partial charge on any atom is -0.487 e. The molecular formula is C24H25ClN2O5. The highest BCUT2D eigenvalue weighted by Gasteiger charge is 2.38. The summed E-state index contributed by atoms with van der Waals surface area (Å²) in [4.78, 5) is 38.8. The molecule has 0 bridgehead atoms. The van der Waals surface area contributed by atoms with Gasteiger partial charge in [-0.25, -0.2) is 9.59 Å². The number of amides is 2. The molecule has 168 valence electrons. The number of hydrogen-bond donors (Lipinski definition) is 1. The van der Waals surface area contributed by atoms with E-state index in [1.807, 2.05) is 0 Å². The van der Waals surface area contributed by atoms with Crippen molar-refractivity contribution in [3.05, 3.63) is 76.0 Å². The van der Waals surface area contributed by atoms with Gasteiger partial charge < -0.3 is 14.8 Å². The van der Waals surface area contributed by atoms with Crippen molar-refractivity contribution in [1.82, 2.24) is 10.2 Å². The summed E-state index contributed by atoms with van der Waals surface area (Å²) in [6, 6.07) is 12.5. The second kappa shape index (κ2) is 10.3. The molecule has 3 rings (SSSR count). The van der Waals surface area contributed by atoms with Crippen molar-refractivity contribution in [2.75, 3.05) is 19.8 Å². The first-order valence-electron chi connectivity index (χ1n) is 10.3. The fourth-order valence-electron chi connectivity index (χ4n) is 3.52. The Balaban J connectivity index is 2.04. The highest BCUT2D eigenvalue weighted by Crippen LogP contribution is 2.35. The lowest BCUT2D eigenvalue weighted by atomic mass is 9.94. The van der Waals surface area contributed by atoms with Crippen molar-refractivity contribution in [2.45, 2.75) is 26.8 Å². The van der Waals surface area contributed by atoms with Gasteiger partial charge >= 0.3 is 12.0 Å². The number of likely N-dealkylation sites (N-methyl/N-ethyl adjacent to an activating group) is 1. The molecule has 7 nitrogen and oxygen atoms in total. The number of Topliss-reactive ketones (excluding diaryl/α,β-unsaturated/α-hetero) is 1. The first-order valence-corrected chi connectivity index (χ1v) is 10.7. The Morgan fingerprint density at radius 2 is 1.78 bits per heavy atom. The summed E-state index contributed by atoms with van der Waals surface area (Å²) in [5.41, 5.74) is 1.82. The van der Waals surface area contributed by atoms with Gasteiger partial charge in [0.1, 0.15) is 12.4 Å². The lowest BCUT2D eigenvalue weighted by Crippen LogP contribution is -2.49. The number of esters is 1. The normalized spacial score (nSPS) is 15.9. The third kappa shape index (κ3) is 4.94. The van der Waals surface area contributed by atoms with Crippen molar-refractivity contribution in [1.29, 1.82) is 0 Å². The van der Waals surface area contributed by atoms with Crippen LogP contribution in [0.2, 0.25) is 5.02 Å². The fourth-order valence-corrected chi connectivity index (χ4v) is 3.77. The molecule has 2 aromatic rings. The van der Waals surface area contributed by atoms with Crippen LogP contribution >= 0.6 is 11.6 Å². The van der Waals surface area contributed by atoms with Gasteiger partial charge in [-0.2, -0.15) is 0 Å². The molecule has 1 atom stereocenters. The molecule has 0 aliphatic carbocycles. The minimum atomic E-state index is -0.781. The van der Waals surface area contributed by atoms with Gasteiger partial charge in [-0.1, -0.05) is 29.8 Å². The van der Waals surface area contributed by atoms with Gasteiger partial charge in [0.05, 0.1) is 23.9 Å². The number of ether oxygens (including phenoxy) is 2. The Labute approximate surface area is 191 Å². The third-order valence-corrected chi connectivity index (χ3v) is 5.45. The number of urea groups is 1. The molecular weight excluding hydrogens is 432 g/mol. The molecule has 1 aliphatic rings. The summed E-state index contributed by atoms with van der Waals surface area (Å²) in [5.74, 6) is -0.101. The summed E-state index contributed by atoms with van der Waals surface area (Å²) >= 11 is 6.39. The summed E-state index contributed by atoms with van der Waals surface area (Å²) in [6.45, 7) is 5.47. The lowest BCUT2D eigenvalue weighted by molar-refractivity contribution is -0.139. The SMILES string of the molecule is CCOC(=O)C1=C(COc2ccc(C(C)=O)cc2)N(CC)C(=O)N[C@@H]1c1ccccc1Cl. The monoisotopic (exact) mass is 456 g/mol. The van der Waals surface area contributed by atoms with E-state index in [9.17, 15) is 14.4 Å². The second-order valence-corrected chi connectivity index (χ2v) is 7.51. The molecule has 0 aromatic heterocycles. The van der Waals surface area contributed by atoms with Crippen molar-refractivity contribution in [3.63, 3.8) is 0 Å². The summed E-state index contributed by atoms with van der Waals surface area (Å²) < 4.78 is 11.2. The van der Waals surface area contributed by atoms with Crippen LogP contribution in [0.25, 0.3) is 0 Å². The van der Waals surface area contributed by atoms with E-state index >= 15 is 0 Å². The van der Waals surface area contributed by atoms with Gasteiger partial charge in [-0.05, 0) is 56.7 Å². The predicted octanol–water partition coefficient (Wildman–Crippen LogP) is 4.53. The van der Waals surface area contributed by atoms with Crippen LogP contribution in [0.3, 0.4) is 0 Å². The minimum absolute atomic E-state index is 0.0459. The van der Waals surface area contributed by atoms with E-state index in [1.165, 1.54) is 11.8 Å². The van der Waals surface area contributed by atoms with E-state index in [1.54, 1.807) is 62.4 Å². The number of ketones is 1. The first-order chi connectivity index (χ1) is 15.4. The van der Waals surface area contributed by atoms with Gasteiger partial charge in [-0.3, -0.25) is 9.69 Å². The van der Waals surface area contributed by atoms with E-state index in [-0.39, 0.29) is 30.6 Å². The van der Waals surface area contributed by atoms with E-state index in [2.05, 4.69) is 5.32 Å². The molecule has 1 aliphatic heterocycles. The fraction of sp³-hybridized carbons (Fsp3) is 0.292. The summed E-state index contributed by atoms with van der Waals surface area (Å²) in [7, 11) is 0. The molecule has 0 fully saturated rings. The van der Waals surface area contributed by atoms with Crippen molar-refractivity contribution in [3.8, 4) is 5.75 Å². The summed E-state index contributed by atoms with van der Waals surface area (Å²) in [6.07, 6.45) is 0. The molecule has 0 radical (unpaired) electrons. The molecule has 0 saturated heterocycles. The third-order valence-electron chi connectivity index (χ3n) is 5.10. The molecule has 2 aromatic carbocycles. The van der Waals surface area contributed by atoms with E-state index in [4.69, 9.17) is 21.1 Å². The van der Waals surface area contributed by atoms with Crippen LogP contribution in [-0.2, 0) is 9.53 Å². The zero-order valence-corrected chi connectivity index (χ0v) is 18.9. The number of hydrogen-bond acceptors (Lipinski definition) is 5. The van der Waals surface area contributed by atoms with Crippen molar-refractivity contribution >= 4 is 29.4 Å². The van der Waals surface area contributed by atoms with Crippen LogP contribution in [0, 0.1) is 0 Å². The number of benzene rings is 2. The van der Waals surface area contributed by atoms with Crippen LogP contribution in [0.5, 0.6) is 5.75 Å². The molecule has 0 unspecified atom stereocenters. The number of rotatable bonds is 8. The number of nitrogens with one attached hydrogen (secondary N) is 1. The Hall–Kier alpha value is -3.32. The quantitative estimate of drug-likeness (QED) is 0.466. The zero-order valence-electron chi connectivity index (χ0n) is 18.2. The average Bonchev–Trinajstić information content (AvgIpc) is 2.78. The average molecular weight is 457 g/mol. The maximum Gasteiger partial charge on any atom is 0.338 e. The molecule has 32 heavy (non-hydrogen) atoms. The first kappa shape index (κ1) is 23.3. The molecule has 1 heterocycles. The number of carbonyl (C=O) groups is 3. The van der Waals surface area contributed by atoms with Crippen LogP contribution < -0.4 is 10.1 Å². The van der Waals surface area contributed by atoms with Crippen LogP contribution in [0.15, 0.2) is 59.8 Å². The van der Waals surface area contributed by atoms with Crippen LogP contribution in [0.4, 0.5) is 4.79 Å². The zero-order chi connectivity index (χ0) is 23.3. The van der Waals surface area contributed by atoms with Gasteiger partial charge in [0, 0.05) is 17.1 Å². The highest BCUT2D eigenvalue weighted by atomic mass is 35.5. The molecule has 1 N–H and O–H groups in total.